The predicted molar refractivity (Wildman–Crippen MR) is 166 cm³/mol. The summed E-state index contributed by atoms with van der Waals surface area (Å²) in [6, 6.07) is 7.64. The lowest BCUT2D eigenvalue weighted by Gasteiger charge is -2.03. The van der Waals surface area contributed by atoms with E-state index in [1.165, 1.54) is 64.2 Å². The summed E-state index contributed by atoms with van der Waals surface area (Å²) in [7, 11) is 0. The number of halogens is 2. The number of Topliss-reactive ketones (excluding diaryl/α,β-unsaturated/α-hetero) is 4. The van der Waals surface area contributed by atoms with Crippen LogP contribution in [0.3, 0.4) is 0 Å². The molecule has 2 aromatic heterocycles. The highest BCUT2D eigenvalue weighted by atomic mass is 127. The normalized spacial score (nSPS) is 10.5. The molecular formula is C36H54I2N2O4. The number of carbonyl (C=O) groups excluding carboxylic acids is 4. The van der Waals surface area contributed by atoms with E-state index in [0.717, 1.165) is 37.1 Å². The lowest BCUT2D eigenvalue weighted by atomic mass is 10.0. The zero-order valence-electron chi connectivity index (χ0n) is 27.0. The maximum atomic E-state index is 12.4. The molecule has 0 aromatic carbocycles. The van der Waals surface area contributed by atoms with Crippen LogP contribution in [0.15, 0.2) is 49.1 Å². The summed E-state index contributed by atoms with van der Waals surface area (Å²) in [5.74, 6) is -1.61. The molecule has 0 aliphatic heterocycles. The first-order chi connectivity index (χ1) is 20.4. The standard InChI is InChI=1S/C36H54N2O4.2HI/c1-3-5-7-9-11-15-23-37-25-19-31(20-26-37)29-35(41)33(39)17-13-14-18-34(40)36(42)30-32-21-27-38(28-22-32)24-16-12-10-8-6-4-2;;/h19-22,25-28H,3-18,23-24,29-30H2,1-2H3;2*1H/q+2;;/p-2. The molecule has 6 nitrogen and oxygen atoms in total. The van der Waals surface area contributed by atoms with E-state index >= 15 is 0 Å². The molecule has 0 aliphatic rings. The highest BCUT2D eigenvalue weighted by Gasteiger charge is 2.17. The topological polar surface area (TPSA) is 76.0 Å². The number of aromatic nitrogens is 2. The molecule has 0 unspecified atom stereocenters. The molecule has 246 valence electrons. The summed E-state index contributed by atoms with van der Waals surface area (Å²) in [6.45, 7) is 6.37. The molecule has 8 heteroatoms. The summed E-state index contributed by atoms with van der Waals surface area (Å²) < 4.78 is 4.25. The van der Waals surface area contributed by atoms with Crippen LogP contribution in [0.4, 0.5) is 0 Å². The molecule has 0 spiro atoms. The second kappa shape index (κ2) is 26.6. The Kier molecular flexibility index (Phi) is 25.7. The Hall–Kier alpha value is -1.56. The molecule has 0 fully saturated rings. The number of unbranched alkanes of at least 4 members (excludes halogenated alkanes) is 11. The molecule has 44 heavy (non-hydrogen) atoms. The van der Waals surface area contributed by atoms with Gasteiger partial charge < -0.3 is 48.0 Å². The van der Waals surface area contributed by atoms with Gasteiger partial charge in [-0.15, -0.1) is 0 Å². The van der Waals surface area contributed by atoms with Gasteiger partial charge in [0.15, 0.2) is 36.4 Å². The predicted octanol–water partition coefficient (Wildman–Crippen LogP) is 0.613. The van der Waals surface area contributed by atoms with E-state index < -0.39 is 23.1 Å². The monoisotopic (exact) mass is 832 g/mol. The Morgan fingerprint density at radius 2 is 0.773 bits per heavy atom. The minimum absolute atomic E-state index is 0. The first-order valence-corrected chi connectivity index (χ1v) is 16.5. The smallest absolute Gasteiger partial charge is 0.202 e. The molecule has 2 aromatic rings. The fourth-order valence-corrected chi connectivity index (χ4v) is 5.08. The van der Waals surface area contributed by atoms with Gasteiger partial charge in [-0.2, -0.15) is 0 Å². The lowest BCUT2D eigenvalue weighted by Crippen LogP contribution is -3.00. The summed E-state index contributed by atoms with van der Waals surface area (Å²) >= 11 is 0. The highest BCUT2D eigenvalue weighted by molar-refractivity contribution is 6.38. The van der Waals surface area contributed by atoms with Crippen LogP contribution in [0.1, 0.15) is 128 Å². The molecule has 0 amide bonds. The van der Waals surface area contributed by atoms with Crippen LogP contribution >= 0.6 is 0 Å². The summed E-state index contributed by atoms with van der Waals surface area (Å²) in [5, 5.41) is 0. The van der Waals surface area contributed by atoms with Crippen molar-refractivity contribution < 1.29 is 76.3 Å². The molecule has 0 N–H and O–H groups in total. The summed E-state index contributed by atoms with van der Waals surface area (Å²) in [4.78, 5) is 49.4. The zero-order chi connectivity index (χ0) is 30.4. The number of carbonyl (C=O) groups is 4. The average molecular weight is 833 g/mol. The molecule has 0 radical (unpaired) electrons. The summed E-state index contributed by atoms with van der Waals surface area (Å²) in [5.41, 5.74) is 1.67. The van der Waals surface area contributed by atoms with Crippen molar-refractivity contribution in [2.24, 2.45) is 0 Å². The molecule has 0 atom stereocenters. The van der Waals surface area contributed by atoms with E-state index in [2.05, 4.69) is 23.0 Å². The quantitative estimate of drug-likeness (QED) is 0.0638. The van der Waals surface area contributed by atoms with E-state index in [0.29, 0.717) is 12.8 Å². The first-order valence-electron chi connectivity index (χ1n) is 16.5. The number of pyridine rings is 2. The largest absolute Gasteiger partial charge is 1.00 e. The fourth-order valence-electron chi connectivity index (χ4n) is 5.08. The number of aryl methyl sites for hydroxylation is 2. The average Bonchev–Trinajstić information content (AvgIpc) is 3.00. The van der Waals surface area contributed by atoms with Crippen molar-refractivity contribution in [3.63, 3.8) is 0 Å². The van der Waals surface area contributed by atoms with Gasteiger partial charge in [0, 0.05) is 62.8 Å². The van der Waals surface area contributed by atoms with Gasteiger partial charge in [-0.3, -0.25) is 19.2 Å². The van der Waals surface area contributed by atoms with Crippen molar-refractivity contribution in [3.8, 4) is 0 Å². The van der Waals surface area contributed by atoms with Crippen LogP contribution in [0.25, 0.3) is 0 Å². The van der Waals surface area contributed by atoms with Gasteiger partial charge in [-0.1, -0.05) is 65.2 Å². The van der Waals surface area contributed by atoms with Crippen molar-refractivity contribution in [1.29, 1.82) is 0 Å². The van der Waals surface area contributed by atoms with Crippen molar-refractivity contribution in [1.82, 2.24) is 0 Å². The molecule has 0 saturated heterocycles. The third kappa shape index (κ3) is 19.1. The van der Waals surface area contributed by atoms with Gasteiger partial charge in [0.25, 0.3) is 0 Å². The zero-order valence-corrected chi connectivity index (χ0v) is 31.4. The van der Waals surface area contributed by atoms with Crippen LogP contribution in [0.2, 0.25) is 0 Å². The van der Waals surface area contributed by atoms with Gasteiger partial charge in [0.2, 0.25) is 11.6 Å². The van der Waals surface area contributed by atoms with Crippen molar-refractivity contribution >= 4 is 23.1 Å². The first kappa shape index (κ1) is 42.4. The number of hydrogen-bond acceptors (Lipinski definition) is 4. The fraction of sp³-hybridized carbons (Fsp3) is 0.611. The van der Waals surface area contributed by atoms with E-state index in [1.807, 2.05) is 49.1 Å². The molecule has 0 aliphatic carbocycles. The number of nitrogens with zero attached hydrogens (tertiary/aromatic N) is 2. The van der Waals surface area contributed by atoms with Crippen LogP contribution in [-0.2, 0) is 45.1 Å². The summed E-state index contributed by atoms with van der Waals surface area (Å²) in [6.07, 6.45) is 24.2. The Morgan fingerprint density at radius 3 is 1.11 bits per heavy atom. The molecule has 2 heterocycles. The van der Waals surface area contributed by atoms with Gasteiger partial charge >= 0.3 is 0 Å². The van der Waals surface area contributed by atoms with E-state index in [1.54, 1.807) is 0 Å². The second-order valence-electron chi connectivity index (χ2n) is 11.7. The third-order valence-corrected chi connectivity index (χ3v) is 7.87. The Balaban J connectivity index is 0.00000924. The molecule has 0 saturated carbocycles. The van der Waals surface area contributed by atoms with Crippen LogP contribution in [-0.4, -0.2) is 23.1 Å². The van der Waals surface area contributed by atoms with Gasteiger partial charge in [-0.05, 0) is 36.8 Å². The van der Waals surface area contributed by atoms with E-state index in [4.69, 9.17) is 0 Å². The van der Waals surface area contributed by atoms with Crippen LogP contribution < -0.4 is 57.1 Å². The minimum Gasteiger partial charge on any atom is -1.00 e. The van der Waals surface area contributed by atoms with Crippen LogP contribution in [0, 0.1) is 0 Å². The second-order valence-corrected chi connectivity index (χ2v) is 11.7. The van der Waals surface area contributed by atoms with Gasteiger partial charge in [0.1, 0.15) is 13.1 Å². The Morgan fingerprint density at radius 1 is 0.455 bits per heavy atom. The minimum atomic E-state index is -0.406. The Labute approximate surface area is 300 Å². The van der Waals surface area contributed by atoms with Crippen LogP contribution in [0.5, 0.6) is 0 Å². The molecule has 2 rings (SSSR count). The maximum Gasteiger partial charge on any atom is 0.202 e. The van der Waals surface area contributed by atoms with Gasteiger partial charge in [-0.25, -0.2) is 9.13 Å². The van der Waals surface area contributed by atoms with Crippen molar-refractivity contribution in [2.45, 2.75) is 143 Å². The lowest BCUT2D eigenvalue weighted by molar-refractivity contribution is -0.697. The van der Waals surface area contributed by atoms with Gasteiger partial charge in [0.05, 0.1) is 0 Å². The van der Waals surface area contributed by atoms with E-state index in [9.17, 15) is 19.2 Å². The number of hydrogen-bond donors (Lipinski definition) is 0. The SMILES string of the molecule is CCCCCCCC[n+]1ccc(CC(=O)C(=O)CCCCC(=O)C(=O)Cc2cc[n+](CCCCCCCC)cc2)cc1.[I-].[I-]. The number of rotatable bonds is 25. The Bertz CT molecular complexity index is 1000. The highest BCUT2D eigenvalue weighted by Crippen LogP contribution is 2.09. The molecular weight excluding hydrogens is 778 g/mol. The van der Waals surface area contributed by atoms with E-state index in [-0.39, 0.29) is 73.6 Å². The third-order valence-electron chi connectivity index (χ3n) is 7.87. The van der Waals surface area contributed by atoms with Crippen molar-refractivity contribution in [2.75, 3.05) is 0 Å². The number of ketones is 4. The molecule has 0 bridgehead atoms. The maximum absolute atomic E-state index is 12.4. The van der Waals surface area contributed by atoms with Crippen molar-refractivity contribution in [3.05, 3.63) is 60.2 Å².